The summed E-state index contributed by atoms with van der Waals surface area (Å²) < 4.78 is 0. The predicted octanol–water partition coefficient (Wildman–Crippen LogP) is 2.67. The lowest BCUT2D eigenvalue weighted by Crippen LogP contribution is -1.90. The molecule has 1 heterocycles. The molecule has 1 nitrogen and oxygen atoms in total. The van der Waals surface area contributed by atoms with Crippen molar-refractivity contribution in [3.05, 3.63) is 66.0 Å². The van der Waals surface area contributed by atoms with E-state index in [-0.39, 0.29) is 0 Å². The third kappa shape index (κ3) is 2.43. The molecule has 0 amide bonds. The van der Waals surface area contributed by atoms with Gasteiger partial charge < -0.3 is 0 Å². The number of hydrogen-bond donors (Lipinski definition) is 0. The van der Waals surface area contributed by atoms with Crippen molar-refractivity contribution in [1.82, 2.24) is 4.98 Å². The first kappa shape index (κ1) is 8.95. The smallest absolute Gasteiger partial charge is 0.0270 e. The Morgan fingerprint density at radius 3 is 2.57 bits per heavy atom. The Bertz CT molecular complexity index is 327. The van der Waals surface area contributed by atoms with Crippen LogP contribution in [-0.2, 0) is 12.8 Å². The van der Waals surface area contributed by atoms with E-state index in [4.69, 9.17) is 0 Å². The zero-order chi connectivity index (χ0) is 9.64. The molecule has 0 aliphatic carbocycles. The Morgan fingerprint density at radius 1 is 1.00 bits per heavy atom. The van der Waals surface area contributed by atoms with E-state index < -0.39 is 0 Å². The molecule has 0 N–H and O–H groups in total. The van der Waals surface area contributed by atoms with Gasteiger partial charge in [-0.25, -0.2) is 0 Å². The molecule has 1 radical (unpaired) electrons. The normalized spacial score (nSPS) is 10.0. The Balaban J connectivity index is 1.96. The number of aromatic nitrogens is 1. The number of pyridine rings is 1. The first-order valence-electron chi connectivity index (χ1n) is 4.79. The molecule has 2 rings (SSSR count). The van der Waals surface area contributed by atoms with Gasteiger partial charge in [-0.15, -0.1) is 0 Å². The molecule has 0 saturated heterocycles. The van der Waals surface area contributed by atoms with Gasteiger partial charge in [0.1, 0.15) is 0 Å². The maximum Gasteiger partial charge on any atom is 0.0270 e. The first-order valence-corrected chi connectivity index (χ1v) is 4.79. The highest BCUT2D eigenvalue weighted by molar-refractivity contribution is 5.17. The molecule has 1 aromatic heterocycles. The quantitative estimate of drug-likeness (QED) is 0.711. The Labute approximate surface area is 84.4 Å². The van der Waals surface area contributed by atoms with E-state index in [0.29, 0.717) is 0 Å². The van der Waals surface area contributed by atoms with Crippen LogP contribution in [0.4, 0.5) is 0 Å². The van der Waals surface area contributed by atoms with Gasteiger partial charge in [0.2, 0.25) is 0 Å². The van der Waals surface area contributed by atoms with Gasteiger partial charge in [-0.05, 0) is 42.2 Å². The Hall–Kier alpha value is -1.63. The van der Waals surface area contributed by atoms with Crippen molar-refractivity contribution in [3.63, 3.8) is 0 Å². The second kappa shape index (κ2) is 4.56. The van der Waals surface area contributed by atoms with Crippen LogP contribution >= 0.6 is 0 Å². The van der Waals surface area contributed by atoms with Crippen LogP contribution in [0.25, 0.3) is 0 Å². The molecule has 0 saturated carbocycles. The fraction of sp³-hybridized carbons (Fsp3) is 0.154. The van der Waals surface area contributed by atoms with Crippen molar-refractivity contribution in [2.24, 2.45) is 0 Å². The van der Waals surface area contributed by atoms with Crippen molar-refractivity contribution in [2.45, 2.75) is 12.8 Å². The van der Waals surface area contributed by atoms with E-state index >= 15 is 0 Å². The maximum atomic E-state index is 3.99. The second-order valence-electron chi connectivity index (χ2n) is 3.24. The van der Waals surface area contributed by atoms with Crippen molar-refractivity contribution in [3.8, 4) is 0 Å². The minimum atomic E-state index is 1.05. The number of nitrogens with zero attached hydrogens (tertiary/aromatic N) is 1. The van der Waals surface area contributed by atoms with Gasteiger partial charge in [0.15, 0.2) is 0 Å². The minimum absolute atomic E-state index is 1.05. The molecule has 0 unspecified atom stereocenters. The van der Waals surface area contributed by atoms with Crippen LogP contribution in [0.1, 0.15) is 11.1 Å². The van der Waals surface area contributed by atoms with Gasteiger partial charge in [-0.3, -0.25) is 4.98 Å². The highest BCUT2D eigenvalue weighted by atomic mass is 14.6. The lowest BCUT2D eigenvalue weighted by atomic mass is 10.1. The fourth-order valence-corrected chi connectivity index (χ4v) is 1.41. The Kier molecular flexibility index (Phi) is 2.92. The molecular formula is C13H12N. The van der Waals surface area contributed by atoms with E-state index in [1.54, 1.807) is 0 Å². The van der Waals surface area contributed by atoms with Gasteiger partial charge in [0.05, 0.1) is 0 Å². The molecule has 0 fully saturated rings. The van der Waals surface area contributed by atoms with Crippen molar-refractivity contribution >= 4 is 0 Å². The summed E-state index contributed by atoms with van der Waals surface area (Å²) in [6.07, 6.45) is 5.78. The monoisotopic (exact) mass is 182 g/mol. The summed E-state index contributed by atoms with van der Waals surface area (Å²) in [6.45, 7) is 0. The molecule has 2 aromatic rings. The summed E-state index contributed by atoms with van der Waals surface area (Å²) in [5.74, 6) is 0. The SMILES string of the molecule is [c]1ccccc1CCc1ccncc1. The van der Waals surface area contributed by atoms with Gasteiger partial charge in [0, 0.05) is 12.4 Å². The van der Waals surface area contributed by atoms with E-state index in [1.807, 2.05) is 24.5 Å². The molecule has 0 atom stereocenters. The highest BCUT2D eigenvalue weighted by Crippen LogP contribution is 2.05. The van der Waals surface area contributed by atoms with Crippen LogP contribution in [-0.4, -0.2) is 4.98 Å². The standard InChI is InChI=1S/C13H12N/c1-2-4-12(5-3-1)6-7-13-8-10-14-11-9-13/h1-4,8-11H,6-7H2. The molecule has 0 spiro atoms. The van der Waals surface area contributed by atoms with Gasteiger partial charge >= 0.3 is 0 Å². The summed E-state index contributed by atoms with van der Waals surface area (Å²) in [5.41, 5.74) is 2.60. The lowest BCUT2D eigenvalue weighted by molar-refractivity contribution is 0.954. The van der Waals surface area contributed by atoms with Gasteiger partial charge in [-0.2, -0.15) is 0 Å². The van der Waals surface area contributed by atoms with Crippen LogP contribution in [0.15, 0.2) is 48.8 Å². The lowest BCUT2D eigenvalue weighted by Gasteiger charge is -2.00. The van der Waals surface area contributed by atoms with Crippen molar-refractivity contribution < 1.29 is 0 Å². The zero-order valence-corrected chi connectivity index (χ0v) is 7.98. The number of hydrogen-bond acceptors (Lipinski definition) is 1. The summed E-state index contributed by atoms with van der Waals surface area (Å²) in [6, 6.07) is 15.5. The second-order valence-corrected chi connectivity index (χ2v) is 3.24. The number of benzene rings is 1. The maximum absolute atomic E-state index is 3.99. The van der Waals surface area contributed by atoms with Crippen LogP contribution in [0.3, 0.4) is 0 Å². The van der Waals surface area contributed by atoms with Crippen molar-refractivity contribution in [1.29, 1.82) is 0 Å². The summed E-state index contributed by atoms with van der Waals surface area (Å²) in [7, 11) is 0. The summed E-state index contributed by atoms with van der Waals surface area (Å²) in [5, 5.41) is 0. The van der Waals surface area contributed by atoms with E-state index in [9.17, 15) is 0 Å². The first-order chi connectivity index (χ1) is 6.95. The van der Waals surface area contributed by atoms with Crippen LogP contribution in [0.5, 0.6) is 0 Å². The third-order valence-corrected chi connectivity index (χ3v) is 2.21. The van der Waals surface area contributed by atoms with Crippen molar-refractivity contribution in [2.75, 3.05) is 0 Å². The topological polar surface area (TPSA) is 12.9 Å². The minimum Gasteiger partial charge on any atom is -0.265 e. The molecule has 0 aliphatic heterocycles. The highest BCUT2D eigenvalue weighted by Gasteiger charge is 1.94. The zero-order valence-electron chi connectivity index (χ0n) is 7.98. The van der Waals surface area contributed by atoms with Crippen LogP contribution < -0.4 is 0 Å². The van der Waals surface area contributed by atoms with Crippen LogP contribution in [0, 0.1) is 6.07 Å². The van der Waals surface area contributed by atoms with E-state index in [2.05, 4.69) is 35.3 Å². The van der Waals surface area contributed by atoms with Crippen LogP contribution in [0.2, 0.25) is 0 Å². The molecule has 69 valence electrons. The van der Waals surface area contributed by atoms with E-state index in [0.717, 1.165) is 12.8 Å². The largest absolute Gasteiger partial charge is 0.265 e. The Morgan fingerprint density at radius 2 is 1.86 bits per heavy atom. The third-order valence-electron chi connectivity index (χ3n) is 2.21. The molecule has 1 aromatic carbocycles. The fourth-order valence-electron chi connectivity index (χ4n) is 1.41. The van der Waals surface area contributed by atoms with Gasteiger partial charge in [-0.1, -0.05) is 24.3 Å². The average Bonchev–Trinajstić information content (AvgIpc) is 2.29. The molecule has 0 aliphatic rings. The summed E-state index contributed by atoms with van der Waals surface area (Å²) in [4.78, 5) is 3.99. The average molecular weight is 182 g/mol. The molecule has 0 bridgehead atoms. The molecule has 14 heavy (non-hydrogen) atoms. The molecular weight excluding hydrogens is 170 g/mol. The van der Waals surface area contributed by atoms with E-state index in [1.165, 1.54) is 11.1 Å². The van der Waals surface area contributed by atoms with Gasteiger partial charge in [0.25, 0.3) is 0 Å². The summed E-state index contributed by atoms with van der Waals surface area (Å²) >= 11 is 0. The number of aryl methyl sites for hydroxylation is 2. The predicted molar refractivity (Wildman–Crippen MR) is 56.9 cm³/mol. The number of rotatable bonds is 3. The molecule has 1 heteroatoms.